The molecule has 1 aromatic rings. The van der Waals surface area contributed by atoms with E-state index in [2.05, 4.69) is 40.4 Å². The Hall–Kier alpha value is -1.13. The van der Waals surface area contributed by atoms with E-state index in [9.17, 15) is 0 Å². The molecule has 0 aromatic carbocycles. The largest absolute Gasteiger partial charge is 0.354 e. The molecule has 1 aliphatic carbocycles. The number of aromatic nitrogens is 1. The highest BCUT2D eigenvalue weighted by Crippen LogP contribution is 2.19. The molecule has 0 atom stereocenters. The van der Waals surface area contributed by atoms with Crippen molar-refractivity contribution in [3.63, 3.8) is 0 Å². The molecule has 98 valence electrons. The molecule has 0 spiro atoms. The first-order valence-corrected chi connectivity index (χ1v) is 6.94. The van der Waals surface area contributed by atoms with E-state index in [4.69, 9.17) is 4.98 Å². The van der Waals surface area contributed by atoms with Crippen LogP contribution in [0.15, 0.2) is 18.2 Å². The van der Waals surface area contributed by atoms with Gasteiger partial charge in [0.05, 0.1) is 5.69 Å². The van der Waals surface area contributed by atoms with Crippen molar-refractivity contribution in [3.8, 4) is 0 Å². The molecule has 2 heterocycles. The van der Waals surface area contributed by atoms with Crippen LogP contribution in [0.4, 0.5) is 5.82 Å². The summed E-state index contributed by atoms with van der Waals surface area (Å²) >= 11 is 0. The summed E-state index contributed by atoms with van der Waals surface area (Å²) in [5, 5.41) is 3.52. The number of hydrogen-bond acceptors (Lipinski definition) is 4. The van der Waals surface area contributed by atoms with Gasteiger partial charge in [0.15, 0.2) is 0 Å². The molecule has 1 saturated carbocycles. The molecule has 2 fully saturated rings. The van der Waals surface area contributed by atoms with Gasteiger partial charge in [0.25, 0.3) is 0 Å². The topological polar surface area (TPSA) is 31.4 Å². The number of likely N-dealkylation sites (N-methyl/N-ethyl adjacent to an activating group) is 1. The molecule has 0 radical (unpaired) electrons. The molecule has 1 saturated heterocycles. The van der Waals surface area contributed by atoms with Crippen LogP contribution in [0.3, 0.4) is 0 Å². The summed E-state index contributed by atoms with van der Waals surface area (Å²) in [5.41, 5.74) is 1.17. The Morgan fingerprint density at radius 2 is 2.00 bits per heavy atom. The Bertz CT molecular complexity index is 395. The standard InChI is InChI=1S/C14H22N4/c1-17-7-9-18(10-8-17)14-4-2-3-13(16-14)11-15-12-5-6-12/h2-4,12,15H,5-11H2,1H3. The summed E-state index contributed by atoms with van der Waals surface area (Å²) in [5.74, 6) is 1.14. The minimum atomic E-state index is 0.749. The Morgan fingerprint density at radius 3 is 2.72 bits per heavy atom. The second-order valence-electron chi connectivity index (χ2n) is 5.43. The maximum atomic E-state index is 4.77. The molecule has 4 nitrogen and oxygen atoms in total. The quantitative estimate of drug-likeness (QED) is 0.861. The second kappa shape index (κ2) is 5.24. The third-order valence-corrected chi connectivity index (χ3v) is 3.77. The van der Waals surface area contributed by atoms with Crippen molar-refractivity contribution in [3.05, 3.63) is 23.9 Å². The van der Waals surface area contributed by atoms with Gasteiger partial charge in [-0.05, 0) is 32.0 Å². The van der Waals surface area contributed by atoms with E-state index in [-0.39, 0.29) is 0 Å². The number of hydrogen-bond donors (Lipinski definition) is 1. The number of nitrogens with zero attached hydrogens (tertiary/aromatic N) is 3. The Morgan fingerprint density at radius 1 is 1.22 bits per heavy atom. The maximum Gasteiger partial charge on any atom is 0.128 e. The molecule has 2 aliphatic rings. The highest BCUT2D eigenvalue weighted by Gasteiger charge is 2.20. The van der Waals surface area contributed by atoms with Crippen LogP contribution in [0.1, 0.15) is 18.5 Å². The molecule has 3 rings (SSSR count). The molecule has 18 heavy (non-hydrogen) atoms. The van der Waals surface area contributed by atoms with Gasteiger partial charge in [-0.15, -0.1) is 0 Å². The van der Waals surface area contributed by atoms with Gasteiger partial charge in [0, 0.05) is 38.8 Å². The molecular weight excluding hydrogens is 224 g/mol. The van der Waals surface area contributed by atoms with Crippen LogP contribution >= 0.6 is 0 Å². The van der Waals surface area contributed by atoms with Gasteiger partial charge in [-0.25, -0.2) is 4.98 Å². The average molecular weight is 246 g/mol. The molecule has 1 aromatic heterocycles. The lowest BCUT2D eigenvalue weighted by atomic mass is 10.3. The van der Waals surface area contributed by atoms with E-state index in [1.54, 1.807) is 0 Å². The number of nitrogens with one attached hydrogen (secondary N) is 1. The van der Waals surface area contributed by atoms with E-state index in [0.29, 0.717) is 0 Å². The fourth-order valence-corrected chi connectivity index (χ4v) is 2.31. The fourth-order valence-electron chi connectivity index (χ4n) is 2.31. The lowest BCUT2D eigenvalue weighted by molar-refractivity contribution is 0.312. The van der Waals surface area contributed by atoms with E-state index in [0.717, 1.165) is 44.6 Å². The summed E-state index contributed by atoms with van der Waals surface area (Å²) in [6, 6.07) is 7.13. The van der Waals surface area contributed by atoms with Crippen LogP contribution in [-0.4, -0.2) is 49.2 Å². The van der Waals surface area contributed by atoms with Crippen LogP contribution in [-0.2, 0) is 6.54 Å². The van der Waals surface area contributed by atoms with Crippen molar-refractivity contribution >= 4 is 5.82 Å². The van der Waals surface area contributed by atoms with Gasteiger partial charge < -0.3 is 15.1 Å². The average Bonchev–Trinajstić information content (AvgIpc) is 3.22. The van der Waals surface area contributed by atoms with E-state index < -0.39 is 0 Å². The molecule has 1 aliphatic heterocycles. The van der Waals surface area contributed by atoms with Crippen molar-refractivity contribution < 1.29 is 0 Å². The van der Waals surface area contributed by atoms with Gasteiger partial charge >= 0.3 is 0 Å². The summed E-state index contributed by atoms with van der Waals surface area (Å²) in [4.78, 5) is 9.53. The number of pyridine rings is 1. The summed E-state index contributed by atoms with van der Waals surface area (Å²) in [6.45, 7) is 5.34. The Labute approximate surface area is 109 Å². The van der Waals surface area contributed by atoms with Gasteiger partial charge in [-0.2, -0.15) is 0 Å². The highest BCUT2D eigenvalue weighted by atomic mass is 15.3. The van der Waals surface area contributed by atoms with Crippen LogP contribution in [0, 0.1) is 0 Å². The van der Waals surface area contributed by atoms with Gasteiger partial charge in [-0.3, -0.25) is 0 Å². The lowest BCUT2D eigenvalue weighted by Crippen LogP contribution is -2.44. The third-order valence-electron chi connectivity index (χ3n) is 3.77. The molecule has 1 N–H and O–H groups in total. The molecule has 4 heteroatoms. The van der Waals surface area contributed by atoms with Crippen LogP contribution in [0.25, 0.3) is 0 Å². The zero-order chi connectivity index (χ0) is 12.4. The molecule has 0 bridgehead atoms. The van der Waals surface area contributed by atoms with Crippen molar-refractivity contribution in [1.29, 1.82) is 0 Å². The predicted octanol–water partition coefficient (Wildman–Crippen LogP) is 1.09. The lowest BCUT2D eigenvalue weighted by Gasteiger charge is -2.33. The van der Waals surface area contributed by atoms with Crippen molar-refractivity contribution in [2.24, 2.45) is 0 Å². The van der Waals surface area contributed by atoms with Crippen LogP contribution < -0.4 is 10.2 Å². The zero-order valence-corrected chi connectivity index (χ0v) is 11.1. The van der Waals surface area contributed by atoms with Gasteiger partial charge in [0.1, 0.15) is 5.82 Å². The van der Waals surface area contributed by atoms with E-state index in [1.807, 2.05) is 0 Å². The van der Waals surface area contributed by atoms with Gasteiger partial charge in [-0.1, -0.05) is 6.07 Å². The normalized spacial score (nSPS) is 21.3. The fraction of sp³-hybridized carbons (Fsp3) is 0.643. The molecule has 0 unspecified atom stereocenters. The monoisotopic (exact) mass is 246 g/mol. The summed E-state index contributed by atoms with van der Waals surface area (Å²) < 4.78 is 0. The number of rotatable bonds is 4. The van der Waals surface area contributed by atoms with E-state index >= 15 is 0 Å². The van der Waals surface area contributed by atoms with Crippen molar-refractivity contribution in [1.82, 2.24) is 15.2 Å². The SMILES string of the molecule is CN1CCN(c2cccc(CNC3CC3)n2)CC1. The molecular formula is C14H22N4. The van der Waals surface area contributed by atoms with Crippen LogP contribution in [0.5, 0.6) is 0 Å². The van der Waals surface area contributed by atoms with Gasteiger partial charge in [0.2, 0.25) is 0 Å². The van der Waals surface area contributed by atoms with E-state index in [1.165, 1.54) is 18.5 Å². The highest BCUT2D eigenvalue weighted by molar-refractivity contribution is 5.39. The Kier molecular flexibility index (Phi) is 3.48. The minimum absolute atomic E-state index is 0.749. The number of piperazine rings is 1. The van der Waals surface area contributed by atoms with Crippen molar-refractivity contribution in [2.45, 2.75) is 25.4 Å². The predicted molar refractivity (Wildman–Crippen MR) is 73.8 cm³/mol. The Balaban J connectivity index is 1.62. The summed E-state index contributed by atoms with van der Waals surface area (Å²) in [7, 11) is 2.18. The number of anilines is 1. The second-order valence-corrected chi connectivity index (χ2v) is 5.43. The zero-order valence-electron chi connectivity index (χ0n) is 11.1. The first-order valence-electron chi connectivity index (χ1n) is 6.94. The summed E-state index contributed by atoms with van der Waals surface area (Å²) in [6.07, 6.45) is 2.66. The molecule has 0 amide bonds. The van der Waals surface area contributed by atoms with Crippen molar-refractivity contribution in [2.75, 3.05) is 38.1 Å². The first-order chi connectivity index (χ1) is 8.81. The third kappa shape index (κ3) is 3.00. The maximum absolute atomic E-state index is 4.77. The minimum Gasteiger partial charge on any atom is -0.354 e. The smallest absolute Gasteiger partial charge is 0.128 e. The van der Waals surface area contributed by atoms with Crippen LogP contribution in [0.2, 0.25) is 0 Å². The first kappa shape index (κ1) is 11.9.